The van der Waals surface area contributed by atoms with E-state index in [-0.39, 0.29) is 23.5 Å². The van der Waals surface area contributed by atoms with Gasteiger partial charge in [-0.25, -0.2) is 0 Å². The highest BCUT2D eigenvalue weighted by molar-refractivity contribution is 5.47. The van der Waals surface area contributed by atoms with E-state index in [4.69, 9.17) is 9.47 Å². The third-order valence-electron chi connectivity index (χ3n) is 3.96. The summed E-state index contributed by atoms with van der Waals surface area (Å²) >= 11 is 0. The molecule has 2 rings (SSSR count). The summed E-state index contributed by atoms with van der Waals surface area (Å²) in [6, 6.07) is 4.05. The van der Waals surface area contributed by atoms with Crippen LogP contribution in [0.25, 0.3) is 0 Å². The van der Waals surface area contributed by atoms with Crippen molar-refractivity contribution in [3.63, 3.8) is 0 Å². The van der Waals surface area contributed by atoms with Crippen molar-refractivity contribution in [3.05, 3.63) is 28.8 Å². The molecule has 1 aliphatic heterocycles. The van der Waals surface area contributed by atoms with Crippen LogP contribution in [0.1, 0.15) is 76.4 Å². The number of hydrogen-bond acceptors (Lipinski definition) is 3. The van der Waals surface area contributed by atoms with Gasteiger partial charge in [0, 0.05) is 11.0 Å². The Morgan fingerprint density at radius 1 is 1.00 bits per heavy atom. The van der Waals surface area contributed by atoms with Crippen molar-refractivity contribution in [2.75, 3.05) is 13.2 Å². The summed E-state index contributed by atoms with van der Waals surface area (Å²) in [7, 11) is 0. The molecule has 0 saturated carbocycles. The smallest absolute Gasteiger partial charge is 0.183 e. The Morgan fingerprint density at radius 2 is 1.43 bits per heavy atom. The monoisotopic (exact) mass is 292 g/mol. The fourth-order valence-corrected chi connectivity index (χ4v) is 2.61. The van der Waals surface area contributed by atoms with Gasteiger partial charge in [0.1, 0.15) is 5.75 Å². The van der Waals surface area contributed by atoms with E-state index >= 15 is 0 Å². The van der Waals surface area contributed by atoms with Gasteiger partial charge in [0.2, 0.25) is 0 Å². The van der Waals surface area contributed by atoms with Gasteiger partial charge < -0.3 is 14.6 Å². The number of hydrogen-bond donors (Lipinski definition) is 1. The highest BCUT2D eigenvalue weighted by Gasteiger charge is 2.30. The van der Waals surface area contributed by atoms with Crippen LogP contribution >= 0.6 is 0 Å². The molecule has 21 heavy (non-hydrogen) atoms. The molecule has 3 heteroatoms. The Labute approximate surface area is 128 Å². The summed E-state index contributed by atoms with van der Waals surface area (Å²) in [5.74, 6) is 0.949. The van der Waals surface area contributed by atoms with Gasteiger partial charge in [0.25, 0.3) is 0 Å². The van der Waals surface area contributed by atoms with Crippen molar-refractivity contribution in [1.82, 2.24) is 0 Å². The van der Waals surface area contributed by atoms with Crippen LogP contribution < -0.4 is 0 Å². The zero-order valence-electron chi connectivity index (χ0n) is 14.1. The molecule has 0 amide bonds. The maximum atomic E-state index is 10.5. The SMILES string of the molecule is CC(C)c1cc(C2OCC(C)(C)CO2)cc(C(C)C)c1O. The number of ether oxygens (including phenoxy) is 2. The van der Waals surface area contributed by atoms with Crippen LogP contribution in [0.5, 0.6) is 5.75 Å². The number of phenolic OH excluding ortho intramolecular Hbond substituents is 1. The van der Waals surface area contributed by atoms with Crippen molar-refractivity contribution in [2.45, 2.75) is 59.7 Å². The molecule has 1 saturated heterocycles. The Kier molecular flexibility index (Phi) is 4.64. The largest absolute Gasteiger partial charge is 0.507 e. The van der Waals surface area contributed by atoms with E-state index in [2.05, 4.69) is 41.5 Å². The first-order valence-electron chi connectivity index (χ1n) is 7.81. The van der Waals surface area contributed by atoms with Crippen molar-refractivity contribution in [3.8, 4) is 5.75 Å². The van der Waals surface area contributed by atoms with Gasteiger partial charge >= 0.3 is 0 Å². The minimum Gasteiger partial charge on any atom is -0.507 e. The second-order valence-corrected chi connectivity index (χ2v) is 7.48. The Bertz CT molecular complexity index is 464. The van der Waals surface area contributed by atoms with Gasteiger partial charge in [-0.15, -0.1) is 0 Å². The van der Waals surface area contributed by atoms with Crippen LogP contribution in [0.15, 0.2) is 12.1 Å². The zero-order chi connectivity index (χ0) is 15.8. The normalized spacial score (nSPS) is 19.4. The molecule has 3 nitrogen and oxygen atoms in total. The number of rotatable bonds is 3. The first kappa shape index (κ1) is 16.3. The van der Waals surface area contributed by atoms with E-state index in [1.807, 2.05) is 12.1 Å². The lowest BCUT2D eigenvalue weighted by molar-refractivity contribution is -0.226. The molecule has 0 aromatic heterocycles. The van der Waals surface area contributed by atoms with Gasteiger partial charge in [-0.2, -0.15) is 0 Å². The summed E-state index contributed by atoms with van der Waals surface area (Å²) in [5.41, 5.74) is 3.01. The second-order valence-electron chi connectivity index (χ2n) is 7.48. The Morgan fingerprint density at radius 3 is 1.81 bits per heavy atom. The molecule has 1 N–H and O–H groups in total. The molecule has 1 fully saturated rings. The lowest BCUT2D eigenvalue weighted by Gasteiger charge is -2.35. The average Bonchev–Trinajstić information content (AvgIpc) is 2.38. The van der Waals surface area contributed by atoms with Gasteiger partial charge in [-0.3, -0.25) is 0 Å². The van der Waals surface area contributed by atoms with E-state index in [0.717, 1.165) is 16.7 Å². The van der Waals surface area contributed by atoms with Crippen LogP contribution in [0.4, 0.5) is 0 Å². The maximum Gasteiger partial charge on any atom is 0.183 e. The van der Waals surface area contributed by atoms with E-state index in [9.17, 15) is 5.11 Å². The van der Waals surface area contributed by atoms with E-state index in [1.54, 1.807) is 0 Å². The molecule has 1 aromatic rings. The van der Waals surface area contributed by atoms with E-state index in [1.165, 1.54) is 0 Å². The van der Waals surface area contributed by atoms with E-state index < -0.39 is 0 Å². The van der Waals surface area contributed by atoms with Crippen LogP contribution in [-0.2, 0) is 9.47 Å². The third kappa shape index (κ3) is 3.58. The number of aromatic hydroxyl groups is 1. The molecule has 1 heterocycles. The lowest BCUT2D eigenvalue weighted by Crippen LogP contribution is -2.33. The average molecular weight is 292 g/mol. The molecule has 0 bridgehead atoms. The molecule has 0 aliphatic carbocycles. The summed E-state index contributed by atoms with van der Waals surface area (Å²) in [5, 5.41) is 10.5. The Hall–Kier alpha value is -1.06. The molecule has 0 radical (unpaired) electrons. The summed E-state index contributed by atoms with van der Waals surface area (Å²) < 4.78 is 11.8. The standard InChI is InChI=1S/C18H28O3/c1-11(2)14-7-13(8-15(12(3)4)16(14)19)17-20-9-18(5,6)10-21-17/h7-8,11-12,17,19H,9-10H2,1-6H3. The Balaban J connectivity index is 2.36. The number of phenols is 1. The first-order valence-corrected chi connectivity index (χ1v) is 7.81. The van der Waals surface area contributed by atoms with Gasteiger partial charge in [0.05, 0.1) is 13.2 Å². The highest BCUT2D eigenvalue weighted by atomic mass is 16.7. The van der Waals surface area contributed by atoms with Crippen molar-refractivity contribution in [1.29, 1.82) is 0 Å². The van der Waals surface area contributed by atoms with Gasteiger partial charge in [0.15, 0.2) is 6.29 Å². The quantitative estimate of drug-likeness (QED) is 0.876. The topological polar surface area (TPSA) is 38.7 Å². The fourth-order valence-electron chi connectivity index (χ4n) is 2.61. The molecule has 1 aromatic carbocycles. The fraction of sp³-hybridized carbons (Fsp3) is 0.667. The van der Waals surface area contributed by atoms with Crippen LogP contribution in [0.3, 0.4) is 0 Å². The molecule has 0 atom stereocenters. The number of benzene rings is 1. The second kappa shape index (κ2) is 5.98. The molecule has 0 unspecified atom stereocenters. The summed E-state index contributed by atoms with van der Waals surface area (Å²) in [6.45, 7) is 14.0. The summed E-state index contributed by atoms with van der Waals surface area (Å²) in [6.07, 6.45) is -0.325. The minimum atomic E-state index is -0.325. The predicted octanol–water partition coefficient (Wildman–Crippen LogP) is 4.71. The van der Waals surface area contributed by atoms with E-state index in [0.29, 0.717) is 19.0 Å². The highest BCUT2D eigenvalue weighted by Crippen LogP contribution is 2.39. The van der Waals surface area contributed by atoms with Crippen molar-refractivity contribution >= 4 is 0 Å². The third-order valence-corrected chi connectivity index (χ3v) is 3.96. The molecule has 1 aliphatic rings. The van der Waals surface area contributed by atoms with Crippen molar-refractivity contribution in [2.24, 2.45) is 5.41 Å². The van der Waals surface area contributed by atoms with Crippen LogP contribution in [0, 0.1) is 5.41 Å². The predicted molar refractivity (Wildman–Crippen MR) is 84.7 cm³/mol. The zero-order valence-corrected chi connectivity index (χ0v) is 14.1. The first-order chi connectivity index (χ1) is 9.71. The van der Waals surface area contributed by atoms with Gasteiger partial charge in [-0.05, 0) is 35.1 Å². The minimum absolute atomic E-state index is 0.0647. The molecular weight excluding hydrogens is 264 g/mol. The van der Waals surface area contributed by atoms with Crippen LogP contribution in [-0.4, -0.2) is 18.3 Å². The van der Waals surface area contributed by atoms with Crippen molar-refractivity contribution < 1.29 is 14.6 Å². The van der Waals surface area contributed by atoms with Gasteiger partial charge in [-0.1, -0.05) is 41.5 Å². The van der Waals surface area contributed by atoms with Crippen LogP contribution in [0.2, 0.25) is 0 Å². The lowest BCUT2D eigenvalue weighted by atomic mass is 9.90. The molecular formula is C18H28O3. The summed E-state index contributed by atoms with van der Waals surface area (Å²) in [4.78, 5) is 0. The molecule has 0 spiro atoms. The maximum absolute atomic E-state index is 10.5. The molecule has 118 valence electrons.